The summed E-state index contributed by atoms with van der Waals surface area (Å²) in [6.07, 6.45) is 1.13. The molecule has 0 aliphatic carbocycles. The molecule has 0 fully saturated rings. The smallest absolute Gasteiger partial charge is 0.0642 e. The highest BCUT2D eigenvalue weighted by Gasteiger charge is 2.34. The molecule has 0 spiro atoms. The molecule has 0 saturated carbocycles. The molecule has 1 aromatic rings. The molecule has 0 radical (unpaired) electrons. The van der Waals surface area contributed by atoms with Gasteiger partial charge < -0.3 is 10.2 Å². The Kier molecular flexibility index (Phi) is 4.10. The minimum atomic E-state index is 0. The number of hydrogen-bond acceptors (Lipinski definition) is 2. The Morgan fingerprint density at radius 1 is 1.39 bits per heavy atom. The number of anilines is 1. The summed E-state index contributed by atoms with van der Waals surface area (Å²) in [6, 6.07) is 4.80. The van der Waals surface area contributed by atoms with Crippen LogP contribution >= 0.6 is 24.0 Å². The largest absolute Gasteiger partial charge is 0.367 e. The zero-order valence-corrected chi connectivity index (χ0v) is 12.4. The monoisotopic (exact) mass is 286 g/mol. The van der Waals surface area contributed by atoms with E-state index in [0.29, 0.717) is 12.0 Å². The van der Waals surface area contributed by atoms with Crippen LogP contribution in [0.5, 0.6) is 0 Å². The first-order valence-corrected chi connectivity index (χ1v) is 6.85. The molecule has 0 bridgehead atoms. The lowest BCUT2D eigenvalue weighted by Crippen LogP contribution is -2.32. The van der Waals surface area contributed by atoms with E-state index in [0.717, 1.165) is 31.1 Å². The Balaban J connectivity index is 0.00000120. The van der Waals surface area contributed by atoms with Crippen LogP contribution in [0.4, 0.5) is 5.69 Å². The van der Waals surface area contributed by atoms with Crippen LogP contribution in [-0.2, 0) is 6.42 Å². The fourth-order valence-electron chi connectivity index (χ4n) is 3.14. The van der Waals surface area contributed by atoms with E-state index in [1.165, 1.54) is 16.8 Å². The molecule has 2 aliphatic heterocycles. The number of nitrogens with zero attached hydrogens (tertiary/aromatic N) is 1. The topological polar surface area (TPSA) is 15.3 Å². The number of halogens is 2. The van der Waals surface area contributed by atoms with E-state index < -0.39 is 0 Å². The summed E-state index contributed by atoms with van der Waals surface area (Å²) >= 11 is 6.42. The predicted molar refractivity (Wildman–Crippen MR) is 80.5 cm³/mol. The van der Waals surface area contributed by atoms with Gasteiger partial charge in [-0.15, -0.1) is 12.4 Å². The summed E-state index contributed by atoms with van der Waals surface area (Å²) in [4.78, 5) is 2.46. The van der Waals surface area contributed by atoms with Gasteiger partial charge in [0.05, 0.1) is 10.7 Å². The molecule has 0 unspecified atom stereocenters. The third kappa shape index (κ3) is 2.11. The first-order chi connectivity index (χ1) is 8.18. The summed E-state index contributed by atoms with van der Waals surface area (Å²) in [7, 11) is 0. The summed E-state index contributed by atoms with van der Waals surface area (Å²) in [5.74, 6) is 0.614. The van der Waals surface area contributed by atoms with Gasteiger partial charge in [0.25, 0.3) is 0 Å². The molecule has 0 aromatic heterocycles. The maximum atomic E-state index is 6.42. The third-order valence-electron chi connectivity index (χ3n) is 3.96. The van der Waals surface area contributed by atoms with Crippen molar-refractivity contribution in [3.63, 3.8) is 0 Å². The second-order valence-electron chi connectivity index (χ2n) is 5.37. The molecule has 100 valence electrons. The molecule has 2 heterocycles. The van der Waals surface area contributed by atoms with E-state index in [1.54, 1.807) is 0 Å². The zero-order chi connectivity index (χ0) is 12.0. The summed E-state index contributed by atoms with van der Waals surface area (Å²) in [6.45, 7) is 7.77. The van der Waals surface area contributed by atoms with Crippen LogP contribution < -0.4 is 10.2 Å². The van der Waals surface area contributed by atoms with E-state index in [9.17, 15) is 0 Å². The van der Waals surface area contributed by atoms with E-state index in [1.807, 2.05) is 0 Å². The van der Waals surface area contributed by atoms with Crippen LogP contribution in [-0.4, -0.2) is 25.7 Å². The van der Waals surface area contributed by atoms with Crippen molar-refractivity contribution in [3.8, 4) is 0 Å². The van der Waals surface area contributed by atoms with Gasteiger partial charge in [0.1, 0.15) is 0 Å². The molecule has 0 saturated heterocycles. The molecule has 1 aromatic carbocycles. The van der Waals surface area contributed by atoms with Crippen LogP contribution in [0.1, 0.15) is 30.9 Å². The Morgan fingerprint density at radius 2 is 2.17 bits per heavy atom. The molecule has 0 amide bonds. The molecule has 1 atom stereocenters. The number of benzene rings is 1. The highest BCUT2D eigenvalue weighted by molar-refractivity contribution is 6.33. The Bertz CT molecular complexity index is 446. The second kappa shape index (κ2) is 5.28. The van der Waals surface area contributed by atoms with Crippen LogP contribution in [0.25, 0.3) is 0 Å². The second-order valence-corrected chi connectivity index (χ2v) is 5.77. The quantitative estimate of drug-likeness (QED) is 0.853. The van der Waals surface area contributed by atoms with Crippen molar-refractivity contribution in [2.75, 3.05) is 24.5 Å². The minimum Gasteiger partial charge on any atom is -0.367 e. The van der Waals surface area contributed by atoms with E-state index in [2.05, 4.69) is 36.2 Å². The van der Waals surface area contributed by atoms with Crippen molar-refractivity contribution in [1.29, 1.82) is 0 Å². The van der Waals surface area contributed by atoms with E-state index in [4.69, 9.17) is 11.6 Å². The van der Waals surface area contributed by atoms with Gasteiger partial charge in [-0.25, -0.2) is 0 Å². The highest BCUT2D eigenvalue weighted by Crippen LogP contribution is 2.44. The summed E-state index contributed by atoms with van der Waals surface area (Å²) in [5.41, 5.74) is 4.30. The van der Waals surface area contributed by atoms with Crippen molar-refractivity contribution in [3.05, 3.63) is 28.3 Å². The average Bonchev–Trinajstić information content (AvgIpc) is 2.57. The zero-order valence-electron chi connectivity index (χ0n) is 10.9. The molecular weight excluding hydrogens is 267 g/mol. The molecule has 2 nitrogen and oxygen atoms in total. The predicted octanol–water partition coefficient (Wildman–Crippen LogP) is 3.22. The SMILES string of the molecule is CC(C)N1C[C@H]2CNCCc3ccc(Cl)c1c32.Cl. The first kappa shape index (κ1) is 14.0. The number of hydrogen-bond donors (Lipinski definition) is 1. The van der Waals surface area contributed by atoms with Gasteiger partial charge >= 0.3 is 0 Å². The lowest BCUT2D eigenvalue weighted by atomic mass is 9.95. The normalized spacial score (nSPS) is 21.6. The molecule has 2 aliphatic rings. The van der Waals surface area contributed by atoms with Crippen molar-refractivity contribution in [2.45, 2.75) is 32.2 Å². The van der Waals surface area contributed by atoms with Gasteiger partial charge in [-0.05, 0) is 44.0 Å². The standard InChI is InChI=1S/C14H19ClN2.ClH/c1-9(2)17-8-11-7-16-6-5-10-3-4-12(15)14(17)13(10)11;/h3-4,9,11,16H,5-8H2,1-2H3;1H/t11-;/m1./s1. The maximum Gasteiger partial charge on any atom is 0.0642 e. The van der Waals surface area contributed by atoms with Gasteiger partial charge in [0, 0.05) is 25.0 Å². The third-order valence-corrected chi connectivity index (χ3v) is 4.26. The van der Waals surface area contributed by atoms with E-state index >= 15 is 0 Å². The molecule has 4 heteroatoms. The fraction of sp³-hybridized carbons (Fsp3) is 0.571. The molecule has 18 heavy (non-hydrogen) atoms. The highest BCUT2D eigenvalue weighted by atomic mass is 35.5. The molecular formula is C14H20Cl2N2. The van der Waals surface area contributed by atoms with Crippen LogP contribution in [0.3, 0.4) is 0 Å². The Labute approximate surface area is 120 Å². The molecule has 3 rings (SSSR count). The maximum absolute atomic E-state index is 6.42. The van der Waals surface area contributed by atoms with E-state index in [-0.39, 0.29) is 12.4 Å². The number of nitrogens with one attached hydrogen (secondary N) is 1. The van der Waals surface area contributed by atoms with Crippen LogP contribution in [0, 0.1) is 0 Å². The Hall–Kier alpha value is -0.440. The van der Waals surface area contributed by atoms with Gasteiger partial charge in [-0.1, -0.05) is 17.7 Å². The number of rotatable bonds is 1. The van der Waals surface area contributed by atoms with Gasteiger partial charge in [0.2, 0.25) is 0 Å². The van der Waals surface area contributed by atoms with Crippen LogP contribution in [0.2, 0.25) is 5.02 Å². The van der Waals surface area contributed by atoms with Gasteiger partial charge in [0.15, 0.2) is 0 Å². The van der Waals surface area contributed by atoms with Crippen LogP contribution in [0.15, 0.2) is 12.1 Å². The summed E-state index contributed by atoms with van der Waals surface area (Å²) < 4.78 is 0. The van der Waals surface area contributed by atoms with Gasteiger partial charge in [-0.3, -0.25) is 0 Å². The molecule has 1 N–H and O–H groups in total. The lowest BCUT2D eigenvalue weighted by Gasteiger charge is -2.25. The lowest BCUT2D eigenvalue weighted by molar-refractivity contribution is 0.594. The summed E-state index contributed by atoms with van der Waals surface area (Å²) in [5, 5.41) is 4.46. The average molecular weight is 287 g/mol. The van der Waals surface area contributed by atoms with Crippen molar-refractivity contribution in [2.24, 2.45) is 0 Å². The fourth-order valence-corrected chi connectivity index (χ4v) is 3.42. The van der Waals surface area contributed by atoms with Crippen molar-refractivity contribution < 1.29 is 0 Å². The minimum absolute atomic E-state index is 0. The van der Waals surface area contributed by atoms with Crippen molar-refractivity contribution in [1.82, 2.24) is 5.32 Å². The first-order valence-electron chi connectivity index (χ1n) is 6.47. The van der Waals surface area contributed by atoms with Gasteiger partial charge in [-0.2, -0.15) is 0 Å². The Morgan fingerprint density at radius 3 is 2.89 bits per heavy atom. The van der Waals surface area contributed by atoms with Crippen molar-refractivity contribution >= 4 is 29.7 Å².